The zero-order chi connectivity index (χ0) is 14.9. The van der Waals surface area contributed by atoms with Gasteiger partial charge in [-0.1, -0.05) is 11.6 Å². The highest BCUT2D eigenvalue weighted by Gasteiger charge is 2.23. The molecular weight excluding hydrogens is 302 g/mol. The van der Waals surface area contributed by atoms with E-state index in [0.717, 1.165) is 4.68 Å². The summed E-state index contributed by atoms with van der Waals surface area (Å²) in [7, 11) is -2.50. The molecule has 0 saturated heterocycles. The summed E-state index contributed by atoms with van der Waals surface area (Å²) >= 11 is 5.81. The molecule has 0 aliphatic heterocycles. The molecule has 1 heterocycles. The molecule has 2 aromatic rings. The highest BCUT2D eigenvalue weighted by Crippen LogP contribution is 2.25. The molecule has 0 aliphatic carbocycles. The third-order valence-electron chi connectivity index (χ3n) is 2.51. The van der Waals surface area contributed by atoms with E-state index in [4.69, 9.17) is 22.6 Å². The van der Waals surface area contributed by atoms with Gasteiger partial charge in [-0.05, 0) is 18.2 Å². The number of nitrogens with two attached hydrogens (primary N) is 1. The average molecular weight is 312 g/mol. The number of nitriles is 1. The maximum Gasteiger partial charge on any atom is 0.280 e. The molecule has 0 atom stereocenters. The fourth-order valence-electron chi connectivity index (χ4n) is 1.64. The molecule has 7 nitrogen and oxygen atoms in total. The van der Waals surface area contributed by atoms with Gasteiger partial charge in [0, 0.05) is 12.7 Å². The van der Waals surface area contributed by atoms with Crippen LogP contribution in [0, 0.1) is 11.3 Å². The number of sulfonamides is 1. The van der Waals surface area contributed by atoms with Crippen LogP contribution in [0.1, 0.15) is 5.56 Å². The second kappa shape index (κ2) is 5.03. The Morgan fingerprint density at radius 3 is 2.75 bits per heavy atom. The lowest BCUT2D eigenvalue weighted by Crippen LogP contribution is -2.17. The summed E-state index contributed by atoms with van der Waals surface area (Å²) in [5.74, 6) is 0. The number of hydrogen-bond donors (Lipinski definition) is 2. The summed E-state index contributed by atoms with van der Waals surface area (Å²) in [5.41, 5.74) is 6.15. The highest BCUT2D eigenvalue weighted by atomic mass is 35.5. The first kappa shape index (κ1) is 14.2. The Bertz CT molecular complexity index is 787. The van der Waals surface area contributed by atoms with Crippen LogP contribution in [-0.2, 0) is 17.1 Å². The minimum absolute atomic E-state index is 0.00560. The first-order valence-corrected chi connectivity index (χ1v) is 7.21. The summed E-state index contributed by atoms with van der Waals surface area (Å²) in [6.45, 7) is 0. The molecule has 0 saturated carbocycles. The standard InChI is InChI=1S/C11H10ClN5O2S/c1-17-11(9(12)6-15-17)20(18,19)16-10-3-2-8(14)4-7(10)5-13/h2-4,6,16H,14H2,1H3. The van der Waals surface area contributed by atoms with E-state index in [0.29, 0.717) is 5.69 Å². The summed E-state index contributed by atoms with van der Waals surface area (Å²) in [6, 6.07) is 6.15. The van der Waals surface area contributed by atoms with E-state index in [9.17, 15) is 8.42 Å². The van der Waals surface area contributed by atoms with Crippen molar-refractivity contribution in [3.05, 3.63) is 35.0 Å². The SMILES string of the molecule is Cn1ncc(Cl)c1S(=O)(=O)Nc1ccc(N)cc1C#N. The summed E-state index contributed by atoms with van der Waals surface area (Å²) < 4.78 is 28.0. The molecule has 1 aromatic heterocycles. The first-order valence-electron chi connectivity index (χ1n) is 5.35. The molecule has 3 N–H and O–H groups in total. The lowest BCUT2D eigenvalue weighted by atomic mass is 10.2. The monoisotopic (exact) mass is 311 g/mol. The quantitative estimate of drug-likeness (QED) is 0.830. The molecule has 0 amide bonds. The number of anilines is 2. The molecule has 0 unspecified atom stereocenters. The van der Waals surface area contributed by atoms with Gasteiger partial charge in [0.1, 0.15) is 6.07 Å². The van der Waals surface area contributed by atoms with Crippen LogP contribution in [0.3, 0.4) is 0 Å². The van der Waals surface area contributed by atoms with Gasteiger partial charge in [0.05, 0.1) is 22.5 Å². The minimum atomic E-state index is -3.95. The Kier molecular flexibility index (Phi) is 3.57. The topological polar surface area (TPSA) is 114 Å². The molecule has 0 fully saturated rings. The van der Waals surface area contributed by atoms with Gasteiger partial charge in [0.25, 0.3) is 10.0 Å². The number of halogens is 1. The van der Waals surface area contributed by atoms with E-state index in [2.05, 4.69) is 9.82 Å². The third-order valence-corrected chi connectivity index (χ3v) is 4.38. The molecule has 1 aromatic carbocycles. The van der Waals surface area contributed by atoms with Crippen LogP contribution in [0.15, 0.2) is 29.4 Å². The number of nitrogen functional groups attached to an aromatic ring is 1. The van der Waals surface area contributed by atoms with Crippen molar-refractivity contribution in [3.8, 4) is 6.07 Å². The number of nitrogens with one attached hydrogen (secondary N) is 1. The fourth-order valence-corrected chi connectivity index (χ4v) is 3.38. The number of rotatable bonds is 3. The molecule has 0 aliphatic rings. The Balaban J connectivity index is 2.47. The first-order chi connectivity index (χ1) is 9.35. The predicted molar refractivity (Wildman–Crippen MR) is 74.6 cm³/mol. The van der Waals surface area contributed by atoms with Gasteiger partial charge in [0.15, 0.2) is 5.03 Å². The van der Waals surface area contributed by atoms with Crippen LogP contribution in [0.25, 0.3) is 0 Å². The van der Waals surface area contributed by atoms with Crippen LogP contribution in [0.2, 0.25) is 5.02 Å². The second-order valence-electron chi connectivity index (χ2n) is 3.94. The van der Waals surface area contributed by atoms with Gasteiger partial charge in [-0.3, -0.25) is 9.40 Å². The Hall–Kier alpha value is -2.24. The summed E-state index contributed by atoms with van der Waals surface area (Å²) in [5, 5.41) is 12.6. The molecule has 9 heteroatoms. The predicted octanol–water partition coefficient (Wildman–Crippen LogP) is 1.33. The lowest BCUT2D eigenvalue weighted by Gasteiger charge is -2.10. The molecule has 104 valence electrons. The molecule has 20 heavy (non-hydrogen) atoms. The van der Waals surface area contributed by atoms with Crippen molar-refractivity contribution < 1.29 is 8.42 Å². The van der Waals surface area contributed by atoms with Crippen molar-refractivity contribution in [2.24, 2.45) is 7.05 Å². The molecular formula is C11H10ClN5O2S. The number of hydrogen-bond acceptors (Lipinski definition) is 5. The fraction of sp³-hybridized carbons (Fsp3) is 0.0909. The van der Waals surface area contributed by atoms with Gasteiger partial charge in [-0.25, -0.2) is 0 Å². The van der Waals surface area contributed by atoms with Crippen molar-refractivity contribution in [3.63, 3.8) is 0 Å². The molecule has 0 radical (unpaired) electrons. The highest BCUT2D eigenvalue weighted by molar-refractivity contribution is 7.92. The van der Waals surface area contributed by atoms with Gasteiger partial charge in [0.2, 0.25) is 0 Å². The maximum atomic E-state index is 12.3. The van der Waals surface area contributed by atoms with Crippen LogP contribution in [0.4, 0.5) is 11.4 Å². The van der Waals surface area contributed by atoms with E-state index in [1.165, 1.54) is 31.4 Å². The number of benzene rings is 1. The zero-order valence-electron chi connectivity index (χ0n) is 10.3. The van der Waals surface area contributed by atoms with Gasteiger partial charge in [-0.2, -0.15) is 18.8 Å². The molecule has 0 spiro atoms. The number of aromatic nitrogens is 2. The molecule has 2 rings (SSSR count). The van der Waals surface area contributed by atoms with E-state index >= 15 is 0 Å². The summed E-state index contributed by atoms with van der Waals surface area (Å²) in [4.78, 5) is 0. The van der Waals surface area contributed by atoms with E-state index in [1.807, 2.05) is 6.07 Å². The largest absolute Gasteiger partial charge is 0.399 e. The zero-order valence-corrected chi connectivity index (χ0v) is 11.9. The van der Waals surface area contributed by atoms with Gasteiger partial charge >= 0.3 is 0 Å². The van der Waals surface area contributed by atoms with Crippen LogP contribution in [-0.4, -0.2) is 18.2 Å². The van der Waals surface area contributed by atoms with Crippen LogP contribution in [0.5, 0.6) is 0 Å². The van der Waals surface area contributed by atoms with Crippen molar-refractivity contribution >= 4 is 33.0 Å². The Morgan fingerprint density at radius 1 is 1.50 bits per heavy atom. The average Bonchev–Trinajstić information content (AvgIpc) is 2.71. The second-order valence-corrected chi connectivity index (χ2v) is 5.95. The van der Waals surface area contributed by atoms with E-state index in [-0.39, 0.29) is 21.3 Å². The molecule has 0 bridgehead atoms. The van der Waals surface area contributed by atoms with Gasteiger partial charge < -0.3 is 5.73 Å². The van der Waals surface area contributed by atoms with E-state index in [1.54, 1.807) is 0 Å². The number of nitrogens with zero attached hydrogens (tertiary/aromatic N) is 3. The lowest BCUT2D eigenvalue weighted by molar-refractivity contribution is 0.582. The summed E-state index contributed by atoms with van der Waals surface area (Å²) in [6.07, 6.45) is 1.23. The third kappa shape index (κ3) is 2.54. The normalized spacial score (nSPS) is 11.1. The smallest absolute Gasteiger partial charge is 0.280 e. The number of aryl methyl sites for hydroxylation is 1. The van der Waals surface area contributed by atoms with Crippen molar-refractivity contribution in [2.75, 3.05) is 10.5 Å². The van der Waals surface area contributed by atoms with Crippen LogP contribution >= 0.6 is 11.6 Å². The Labute approximate surface area is 120 Å². The van der Waals surface area contributed by atoms with Crippen molar-refractivity contribution in [1.29, 1.82) is 5.26 Å². The van der Waals surface area contributed by atoms with Crippen LogP contribution < -0.4 is 10.5 Å². The van der Waals surface area contributed by atoms with Crippen molar-refractivity contribution in [1.82, 2.24) is 9.78 Å². The minimum Gasteiger partial charge on any atom is -0.399 e. The van der Waals surface area contributed by atoms with Gasteiger partial charge in [-0.15, -0.1) is 0 Å². The maximum absolute atomic E-state index is 12.3. The Morgan fingerprint density at radius 2 is 2.20 bits per heavy atom. The van der Waals surface area contributed by atoms with Crippen molar-refractivity contribution in [2.45, 2.75) is 5.03 Å². The van der Waals surface area contributed by atoms with E-state index < -0.39 is 10.0 Å².